The lowest BCUT2D eigenvalue weighted by Crippen LogP contribution is -3.08. The van der Waals surface area contributed by atoms with Gasteiger partial charge < -0.3 is 10.4 Å². The molecular weight excluding hydrogens is 376 g/mol. The number of amides is 1. The van der Waals surface area contributed by atoms with E-state index in [1.165, 1.54) is 5.56 Å². The summed E-state index contributed by atoms with van der Waals surface area (Å²) in [5.41, 5.74) is 5.98. The minimum absolute atomic E-state index is 0.0946. The highest BCUT2D eigenvalue weighted by molar-refractivity contribution is 5.82. The van der Waals surface area contributed by atoms with E-state index in [1.54, 1.807) is 0 Å². The summed E-state index contributed by atoms with van der Waals surface area (Å²) in [7, 11) is 0. The molecule has 2 heterocycles. The Morgan fingerprint density at radius 1 is 1.20 bits per heavy atom. The second kappa shape index (κ2) is 7.70. The molecule has 0 bridgehead atoms. The third-order valence-corrected chi connectivity index (χ3v) is 6.40. The van der Waals surface area contributed by atoms with Crippen LogP contribution in [0.15, 0.2) is 54.6 Å². The van der Waals surface area contributed by atoms with Gasteiger partial charge in [0.15, 0.2) is 0 Å². The first-order valence-corrected chi connectivity index (χ1v) is 10.7. The smallest absolute Gasteiger partial charge is 0.224 e. The quantitative estimate of drug-likeness (QED) is 0.477. The van der Waals surface area contributed by atoms with Crippen molar-refractivity contribution in [3.05, 3.63) is 71.4 Å². The molecular formula is C24H27N4O2+. The van der Waals surface area contributed by atoms with Gasteiger partial charge in [-0.2, -0.15) is 5.10 Å². The third kappa shape index (κ3) is 3.32. The van der Waals surface area contributed by atoms with E-state index in [0.29, 0.717) is 12.5 Å². The predicted octanol–water partition coefficient (Wildman–Crippen LogP) is 2.22. The zero-order chi connectivity index (χ0) is 20.7. The zero-order valence-corrected chi connectivity index (χ0v) is 17.1. The van der Waals surface area contributed by atoms with Crippen LogP contribution in [0.25, 0.3) is 11.3 Å². The number of nitrogens with zero attached hydrogens (tertiary/aromatic N) is 1. The largest absolute Gasteiger partial charge is 0.356 e. The number of carbonyl (C=O) groups is 1. The maximum atomic E-state index is 12.5. The fourth-order valence-electron chi connectivity index (χ4n) is 4.72. The first-order valence-electron chi connectivity index (χ1n) is 10.7. The van der Waals surface area contributed by atoms with Crippen molar-refractivity contribution in [3.8, 4) is 11.3 Å². The summed E-state index contributed by atoms with van der Waals surface area (Å²) < 4.78 is 0. The van der Waals surface area contributed by atoms with Gasteiger partial charge in [0.25, 0.3) is 0 Å². The Balaban J connectivity index is 1.19. The van der Waals surface area contributed by atoms with Crippen molar-refractivity contribution in [2.75, 3.05) is 13.1 Å². The van der Waals surface area contributed by atoms with Gasteiger partial charge in [-0.1, -0.05) is 42.5 Å². The fourth-order valence-corrected chi connectivity index (χ4v) is 4.72. The average molecular weight is 404 g/mol. The lowest BCUT2D eigenvalue weighted by Gasteiger charge is -2.30. The number of nitrogens with one attached hydrogen (secondary N) is 3. The number of aliphatic hydroxyl groups excluding tert-OH is 1. The van der Waals surface area contributed by atoms with Crippen LogP contribution in [-0.4, -0.2) is 34.3 Å². The lowest BCUT2D eigenvalue weighted by molar-refractivity contribution is -0.894. The van der Waals surface area contributed by atoms with Crippen LogP contribution in [0.5, 0.6) is 0 Å². The van der Waals surface area contributed by atoms with Gasteiger partial charge >= 0.3 is 0 Å². The van der Waals surface area contributed by atoms with E-state index in [4.69, 9.17) is 0 Å². The molecule has 30 heavy (non-hydrogen) atoms. The van der Waals surface area contributed by atoms with Crippen LogP contribution < -0.4 is 10.2 Å². The van der Waals surface area contributed by atoms with Gasteiger partial charge in [-0.3, -0.25) is 14.8 Å². The van der Waals surface area contributed by atoms with E-state index < -0.39 is 6.23 Å². The molecule has 1 amide bonds. The number of aliphatic hydroxyl groups is 1. The molecule has 0 radical (unpaired) electrons. The first-order chi connectivity index (χ1) is 14.6. The Labute approximate surface area is 175 Å². The standard InChI is InChI=1S/C24H26N4O2/c1-15-21-22(27-26-15)17-10-5-6-11-20(17)28(24(21)30)13-7-12-25-23(29)19-14-18(19)16-8-3-2-4-9-16/h2-6,8-11,18-19,24,30H,7,12-14H2,1H3,(H,25,29)(H,26,27)/p+1. The molecule has 0 spiro atoms. The molecule has 2 aromatic carbocycles. The number of H-pyrrole nitrogens is 1. The van der Waals surface area contributed by atoms with Crippen molar-refractivity contribution in [2.45, 2.75) is 31.9 Å². The van der Waals surface area contributed by atoms with Crippen LogP contribution in [0.1, 0.15) is 41.8 Å². The number of quaternary nitrogens is 1. The molecule has 4 N–H and O–H groups in total. The van der Waals surface area contributed by atoms with Crippen LogP contribution in [-0.2, 0) is 4.79 Å². The summed E-state index contributed by atoms with van der Waals surface area (Å²) in [6.07, 6.45) is 1.07. The maximum Gasteiger partial charge on any atom is 0.224 e. The van der Waals surface area contributed by atoms with Crippen molar-refractivity contribution in [1.82, 2.24) is 15.5 Å². The number of benzene rings is 2. The molecule has 0 saturated heterocycles. The molecule has 1 saturated carbocycles. The minimum atomic E-state index is -0.657. The van der Waals surface area contributed by atoms with Crippen LogP contribution in [0.2, 0.25) is 0 Å². The number of aryl methyl sites for hydroxylation is 1. The van der Waals surface area contributed by atoms with Gasteiger partial charge in [0.05, 0.1) is 17.7 Å². The van der Waals surface area contributed by atoms with Crippen molar-refractivity contribution in [1.29, 1.82) is 0 Å². The summed E-state index contributed by atoms with van der Waals surface area (Å²) in [5.74, 6) is 0.596. The molecule has 1 aliphatic heterocycles. The number of hydrogen-bond acceptors (Lipinski definition) is 3. The Bertz CT molecular complexity index is 1060. The normalized spacial score (nSPS) is 24.1. The van der Waals surface area contributed by atoms with Gasteiger partial charge in [-0.15, -0.1) is 0 Å². The van der Waals surface area contributed by atoms with E-state index in [1.807, 2.05) is 43.3 Å². The molecule has 1 fully saturated rings. The van der Waals surface area contributed by atoms with Crippen molar-refractivity contribution >= 4 is 11.6 Å². The first kappa shape index (κ1) is 19.0. The summed E-state index contributed by atoms with van der Waals surface area (Å²) in [6.45, 7) is 3.29. The molecule has 1 aliphatic carbocycles. The topological polar surface area (TPSA) is 82.4 Å². The monoisotopic (exact) mass is 403 g/mol. The van der Waals surface area contributed by atoms with Gasteiger partial charge in [0, 0.05) is 24.6 Å². The van der Waals surface area contributed by atoms with Gasteiger partial charge in [0.1, 0.15) is 11.4 Å². The molecule has 1 aromatic heterocycles. The summed E-state index contributed by atoms with van der Waals surface area (Å²) in [5, 5.41) is 21.5. The molecule has 4 unspecified atom stereocenters. The molecule has 154 valence electrons. The molecule has 6 nitrogen and oxygen atoms in total. The number of rotatable bonds is 6. The van der Waals surface area contributed by atoms with Gasteiger partial charge in [-0.25, -0.2) is 0 Å². The highest BCUT2D eigenvalue weighted by Crippen LogP contribution is 2.47. The molecule has 4 atom stereocenters. The highest BCUT2D eigenvalue weighted by atomic mass is 16.3. The molecule has 5 rings (SSSR count). The molecule has 2 aliphatic rings. The van der Waals surface area contributed by atoms with Crippen molar-refractivity contribution in [3.63, 3.8) is 0 Å². The number of carbonyl (C=O) groups excluding carboxylic acids is 1. The Morgan fingerprint density at radius 2 is 1.97 bits per heavy atom. The number of fused-ring (bicyclic) bond motifs is 3. The van der Waals surface area contributed by atoms with E-state index in [9.17, 15) is 9.90 Å². The van der Waals surface area contributed by atoms with Crippen molar-refractivity contribution in [2.24, 2.45) is 5.92 Å². The van der Waals surface area contributed by atoms with E-state index >= 15 is 0 Å². The van der Waals surface area contributed by atoms with Crippen molar-refractivity contribution < 1.29 is 14.8 Å². The molecule has 6 heteroatoms. The lowest BCUT2D eigenvalue weighted by atomic mass is 9.97. The third-order valence-electron chi connectivity index (χ3n) is 6.40. The number of aromatic amines is 1. The second-order valence-electron chi connectivity index (χ2n) is 8.34. The summed E-state index contributed by atoms with van der Waals surface area (Å²) in [6, 6.07) is 18.4. The second-order valence-corrected chi connectivity index (χ2v) is 8.34. The van der Waals surface area contributed by atoms with Crippen LogP contribution in [0, 0.1) is 12.8 Å². The van der Waals surface area contributed by atoms with Crippen LogP contribution in [0.4, 0.5) is 5.69 Å². The Morgan fingerprint density at radius 3 is 2.80 bits per heavy atom. The number of hydrogen-bond donors (Lipinski definition) is 4. The van der Waals surface area contributed by atoms with E-state index in [0.717, 1.165) is 52.5 Å². The van der Waals surface area contributed by atoms with Crippen LogP contribution in [0.3, 0.4) is 0 Å². The zero-order valence-electron chi connectivity index (χ0n) is 17.1. The SMILES string of the molecule is Cc1[nH]nc2c1C(O)[NH+](CCCNC(=O)C1CC1c1ccccc1)c1ccccc1-2. The fraction of sp³-hybridized carbons (Fsp3) is 0.333. The molecule has 3 aromatic rings. The van der Waals surface area contributed by atoms with Crippen LogP contribution >= 0.6 is 0 Å². The minimum Gasteiger partial charge on any atom is -0.356 e. The van der Waals surface area contributed by atoms with Gasteiger partial charge in [0.2, 0.25) is 12.1 Å². The van der Waals surface area contributed by atoms with E-state index in [2.05, 4.69) is 33.7 Å². The summed E-state index contributed by atoms with van der Waals surface area (Å²) in [4.78, 5) is 13.5. The summed E-state index contributed by atoms with van der Waals surface area (Å²) >= 11 is 0. The van der Waals surface area contributed by atoms with Gasteiger partial charge in [-0.05, 0) is 37.0 Å². The predicted molar refractivity (Wildman–Crippen MR) is 114 cm³/mol. The average Bonchev–Trinajstić information content (AvgIpc) is 3.49. The highest BCUT2D eigenvalue weighted by Gasteiger charge is 2.43. The Hall–Kier alpha value is -2.96. The number of para-hydroxylation sites is 1. The maximum absolute atomic E-state index is 12.5. The van der Waals surface area contributed by atoms with E-state index in [-0.39, 0.29) is 11.8 Å². The number of aromatic nitrogens is 2. The Kier molecular flexibility index (Phi) is 4.89.